The van der Waals surface area contributed by atoms with Crippen LogP contribution >= 0.6 is 15.9 Å². The fourth-order valence-electron chi connectivity index (χ4n) is 1.61. The van der Waals surface area contributed by atoms with Gasteiger partial charge in [-0.1, -0.05) is 40.2 Å². The summed E-state index contributed by atoms with van der Waals surface area (Å²) >= 11 is 3.30. The van der Waals surface area contributed by atoms with Crippen LogP contribution in [0.15, 0.2) is 53.0 Å². The molecule has 0 amide bonds. The van der Waals surface area contributed by atoms with Crippen LogP contribution in [-0.2, 0) is 12.8 Å². The molecule has 0 fully saturated rings. The molecule has 0 aliphatic heterocycles. The van der Waals surface area contributed by atoms with Gasteiger partial charge in [0.2, 0.25) is 0 Å². The zero-order valence-electron chi connectivity index (χ0n) is 9.75. The first kappa shape index (κ1) is 13.9. The fraction of sp³-hybridized carbons (Fsp3) is 0.143. The normalized spacial score (nSPS) is 11.4. The standard InChI is InChI=1S/C14H10BrF3O/c15-11-5-3-4-10(8-11)9-19-13-7-2-1-6-12(13)14(16,17)18/h1-8H,9H2. The quantitative estimate of drug-likeness (QED) is 0.765. The van der Waals surface area contributed by atoms with Crippen molar-refractivity contribution >= 4 is 15.9 Å². The van der Waals surface area contributed by atoms with Gasteiger partial charge in [0, 0.05) is 4.47 Å². The highest BCUT2D eigenvalue weighted by Crippen LogP contribution is 2.36. The van der Waals surface area contributed by atoms with Crippen LogP contribution in [0.4, 0.5) is 13.2 Å². The van der Waals surface area contributed by atoms with Crippen molar-refractivity contribution in [3.05, 3.63) is 64.1 Å². The van der Waals surface area contributed by atoms with Crippen LogP contribution in [0.25, 0.3) is 0 Å². The van der Waals surface area contributed by atoms with Crippen LogP contribution in [0.1, 0.15) is 11.1 Å². The van der Waals surface area contributed by atoms with Gasteiger partial charge >= 0.3 is 6.18 Å². The Hall–Kier alpha value is -1.49. The molecule has 0 unspecified atom stereocenters. The third-order valence-electron chi connectivity index (χ3n) is 2.48. The zero-order chi connectivity index (χ0) is 13.9. The second kappa shape index (κ2) is 5.65. The van der Waals surface area contributed by atoms with Crippen molar-refractivity contribution < 1.29 is 17.9 Å². The van der Waals surface area contributed by atoms with E-state index in [4.69, 9.17) is 4.74 Å². The number of alkyl halides is 3. The highest BCUT2D eigenvalue weighted by molar-refractivity contribution is 9.10. The molecular formula is C14H10BrF3O. The molecule has 0 aliphatic rings. The second-order valence-corrected chi connectivity index (χ2v) is 4.83. The van der Waals surface area contributed by atoms with Gasteiger partial charge in [-0.15, -0.1) is 0 Å². The zero-order valence-corrected chi connectivity index (χ0v) is 11.3. The lowest BCUT2D eigenvalue weighted by atomic mass is 10.2. The molecule has 0 bridgehead atoms. The smallest absolute Gasteiger partial charge is 0.419 e. The molecule has 100 valence electrons. The SMILES string of the molecule is FC(F)(F)c1ccccc1OCc1cccc(Br)c1. The lowest BCUT2D eigenvalue weighted by Crippen LogP contribution is -2.08. The van der Waals surface area contributed by atoms with Crippen molar-refractivity contribution in [1.82, 2.24) is 0 Å². The lowest BCUT2D eigenvalue weighted by molar-refractivity contribution is -0.139. The van der Waals surface area contributed by atoms with Crippen LogP contribution in [0.2, 0.25) is 0 Å². The topological polar surface area (TPSA) is 9.23 Å². The third kappa shape index (κ3) is 3.73. The van der Waals surface area contributed by atoms with E-state index < -0.39 is 11.7 Å². The maximum atomic E-state index is 12.8. The molecule has 2 aromatic rings. The summed E-state index contributed by atoms with van der Waals surface area (Å²) in [5.41, 5.74) is 0.0383. The van der Waals surface area contributed by atoms with E-state index in [0.717, 1.165) is 16.1 Å². The Kier molecular flexibility index (Phi) is 4.14. The van der Waals surface area contributed by atoms with Crippen molar-refractivity contribution in [1.29, 1.82) is 0 Å². The molecule has 0 aliphatic carbocycles. The van der Waals surface area contributed by atoms with Gasteiger partial charge in [-0.05, 0) is 29.8 Å². The van der Waals surface area contributed by atoms with Gasteiger partial charge in [0.25, 0.3) is 0 Å². The van der Waals surface area contributed by atoms with E-state index in [1.54, 1.807) is 18.2 Å². The molecular weight excluding hydrogens is 321 g/mol. The summed E-state index contributed by atoms with van der Waals surface area (Å²) in [5.74, 6) is -0.157. The van der Waals surface area contributed by atoms with Crippen LogP contribution in [0, 0.1) is 0 Å². The molecule has 0 heterocycles. The summed E-state index contributed by atoms with van der Waals surface area (Å²) in [6.07, 6.45) is -4.41. The van der Waals surface area contributed by atoms with Crippen molar-refractivity contribution in [2.75, 3.05) is 0 Å². The number of rotatable bonds is 3. The summed E-state index contributed by atoms with van der Waals surface area (Å²) in [4.78, 5) is 0. The van der Waals surface area contributed by atoms with E-state index in [9.17, 15) is 13.2 Å². The first-order valence-corrected chi connectivity index (χ1v) is 6.29. The molecule has 0 saturated heterocycles. The average molecular weight is 331 g/mol. The minimum atomic E-state index is -4.41. The Labute approximate surface area is 117 Å². The molecule has 5 heteroatoms. The summed E-state index contributed by atoms with van der Waals surface area (Å²) < 4.78 is 44.4. The monoisotopic (exact) mass is 330 g/mol. The molecule has 0 spiro atoms. The number of hydrogen-bond donors (Lipinski definition) is 0. The van der Waals surface area contributed by atoms with Crippen molar-refractivity contribution in [2.45, 2.75) is 12.8 Å². The first-order chi connectivity index (χ1) is 8.97. The number of benzene rings is 2. The Balaban J connectivity index is 2.16. The van der Waals surface area contributed by atoms with Crippen molar-refractivity contribution in [2.24, 2.45) is 0 Å². The number of hydrogen-bond acceptors (Lipinski definition) is 1. The maximum absolute atomic E-state index is 12.8. The van der Waals surface area contributed by atoms with Gasteiger partial charge in [-0.2, -0.15) is 13.2 Å². The van der Waals surface area contributed by atoms with E-state index in [0.29, 0.717) is 0 Å². The molecule has 2 rings (SSSR count). The van der Waals surface area contributed by atoms with Gasteiger partial charge in [-0.25, -0.2) is 0 Å². The summed E-state index contributed by atoms with van der Waals surface area (Å²) in [7, 11) is 0. The van der Waals surface area contributed by atoms with E-state index in [-0.39, 0.29) is 12.4 Å². The number of para-hydroxylation sites is 1. The average Bonchev–Trinajstić information content (AvgIpc) is 2.36. The highest BCUT2D eigenvalue weighted by atomic mass is 79.9. The van der Waals surface area contributed by atoms with Crippen LogP contribution < -0.4 is 4.74 Å². The Morgan fingerprint density at radius 1 is 1.00 bits per heavy atom. The minimum Gasteiger partial charge on any atom is -0.488 e. The number of halogens is 4. The van der Waals surface area contributed by atoms with Crippen LogP contribution in [0.3, 0.4) is 0 Å². The second-order valence-electron chi connectivity index (χ2n) is 3.91. The largest absolute Gasteiger partial charge is 0.488 e. The van der Waals surface area contributed by atoms with Gasteiger partial charge in [-0.3, -0.25) is 0 Å². The minimum absolute atomic E-state index is 0.0898. The third-order valence-corrected chi connectivity index (χ3v) is 2.97. The summed E-state index contributed by atoms with van der Waals surface area (Å²) in [5, 5.41) is 0. The first-order valence-electron chi connectivity index (χ1n) is 5.50. The molecule has 19 heavy (non-hydrogen) atoms. The summed E-state index contributed by atoms with van der Waals surface area (Å²) in [6, 6.07) is 12.4. The maximum Gasteiger partial charge on any atom is 0.419 e. The van der Waals surface area contributed by atoms with Crippen LogP contribution in [0.5, 0.6) is 5.75 Å². The Morgan fingerprint density at radius 3 is 2.42 bits per heavy atom. The predicted molar refractivity (Wildman–Crippen MR) is 69.9 cm³/mol. The molecule has 0 aromatic heterocycles. The molecule has 1 nitrogen and oxygen atoms in total. The molecule has 0 N–H and O–H groups in total. The van der Waals surface area contributed by atoms with Crippen LogP contribution in [-0.4, -0.2) is 0 Å². The highest BCUT2D eigenvalue weighted by Gasteiger charge is 2.33. The molecule has 0 atom stereocenters. The molecule has 0 radical (unpaired) electrons. The molecule has 0 saturated carbocycles. The van der Waals surface area contributed by atoms with E-state index in [1.807, 2.05) is 6.07 Å². The summed E-state index contributed by atoms with van der Waals surface area (Å²) in [6.45, 7) is 0.0898. The molecule has 2 aromatic carbocycles. The lowest BCUT2D eigenvalue weighted by Gasteiger charge is -2.13. The Bertz CT molecular complexity index is 567. The number of ether oxygens (including phenoxy) is 1. The van der Waals surface area contributed by atoms with Gasteiger partial charge in [0.05, 0.1) is 5.56 Å². The van der Waals surface area contributed by atoms with Gasteiger partial charge in [0.1, 0.15) is 12.4 Å². The van der Waals surface area contributed by atoms with E-state index in [1.165, 1.54) is 18.2 Å². The van der Waals surface area contributed by atoms with E-state index in [2.05, 4.69) is 15.9 Å². The predicted octanol–water partition coefficient (Wildman–Crippen LogP) is 5.05. The van der Waals surface area contributed by atoms with E-state index >= 15 is 0 Å². The Morgan fingerprint density at radius 2 is 1.74 bits per heavy atom. The fourth-order valence-corrected chi connectivity index (χ4v) is 2.06. The van der Waals surface area contributed by atoms with Gasteiger partial charge in [0.15, 0.2) is 0 Å². The van der Waals surface area contributed by atoms with Gasteiger partial charge < -0.3 is 4.74 Å². The van der Waals surface area contributed by atoms with Crippen molar-refractivity contribution in [3.8, 4) is 5.75 Å². The van der Waals surface area contributed by atoms with Crippen molar-refractivity contribution in [3.63, 3.8) is 0 Å².